The molecular weight excluding hydrogens is 478 g/mol. The maximum atomic E-state index is 8.57. The molecule has 0 amide bonds. The van der Waals surface area contributed by atoms with Crippen LogP contribution < -0.4 is 0 Å². The van der Waals surface area contributed by atoms with Gasteiger partial charge in [0.1, 0.15) is 11.2 Å². The molecule has 0 bridgehead atoms. The van der Waals surface area contributed by atoms with Crippen molar-refractivity contribution in [3.63, 3.8) is 0 Å². The van der Waals surface area contributed by atoms with Gasteiger partial charge in [-0.2, -0.15) is 0 Å². The summed E-state index contributed by atoms with van der Waals surface area (Å²) in [6.45, 7) is 0. The number of fused-ring (bicyclic) bond motifs is 6. The SMILES string of the molecule is [2H]c1c([2H])c([2H])c(-c2nc(-c3ccc4ccc5cc6oc7ccccc7c6cc5c4c3)nc(-c3c([2H])c([2H])c([2H])c([2H])c3[2H])n2)c([2H])c1[2H]. The first-order chi connectivity index (χ1) is 23.4. The van der Waals surface area contributed by atoms with Crippen LogP contribution in [0.15, 0.2) is 132 Å². The highest BCUT2D eigenvalue weighted by Gasteiger charge is 2.14. The molecule has 4 nitrogen and oxygen atoms in total. The van der Waals surface area contributed by atoms with Crippen molar-refractivity contribution in [2.45, 2.75) is 0 Å². The molecule has 2 aromatic heterocycles. The largest absolute Gasteiger partial charge is 0.456 e. The fourth-order valence-corrected chi connectivity index (χ4v) is 4.86. The van der Waals surface area contributed by atoms with Crippen molar-refractivity contribution < 1.29 is 18.1 Å². The van der Waals surface area contributed by atoms with Crippen LogP contribution in [0.4, 0.5) is 0 Å². The Morgan fingerprint density at radius 3 is 1.77 bits per heavy atom. The highest BCUT2D eigenvalue weighted by molar-refractivity contribution is 6.16. The molecule has 0 fully saturated rings. The molecule has 0 aliphatic rings. The third-order valence-electron chi connectivity index (χ3n) is 6.68. The Kier molecular flexibility index (Phi) is 3.09. The topological polar surface area (TPSA) is 51.8 Å². The van der Waals surface area contributed by atoms with Gasteiger partial charge in [-0.05, 0) is 45.8 Å². The van der Waals surface area contributed by atoms with Crippen LogP contribution in [-0.4, -0.2) is 15.0 Å². The van der Waals surface area contributed by atoms with Crippen molar-refractivity contribution in [1.29, 1.82) is 0 Å². The Labute approximate surface area is 238 Å². The Balaban J connectivity index is 1.43. The summed E-state index contributed by atoms with van der Waals surface area (Å²) in [5, 5.41) is 5.51. The number of benzene rings is 6. The summed E-state index contributed by atoms with van der Waals surface area (Å²) in [5.41, 5.74) is 1.34. The van der Waals surface area contributed by atoms with E-state index in [9.17, 15) is 0 Å². The van der Waals surface area contributed by atoms with Crippen LogP contribution in [0.25, 0.3) is 77.6 Å². The van der Waals surface area contributed by atoms with Gasteiger partial charge >= 0.3 is 0 Å². The minimum absolute atomic E-state index is 0.00682. The van der Waals surface area contributed by atoms with Crippen LogP contribution in [0.2, 0.25) is 0 Å². The number of rotatable bonds is 3. The smallest absolute Gasteiger partial charge is 0.164 e. The maximum absolute atomic E-state index is 8.57. The fourth-order valence-electron chi connectivity index (χ4n) is 4.86. The second-order valence-electron chi connectivity index (χ2n) is 8.98. The summed E-state index contributed by atoms with van der Waals surface area (Å²) >= 11 is 0. The zero-order valence-electron chi connectivity index (χ0n) is 30.1. The van der Waals surface area contributed by atoms with E-state index in [0.29, 0.717) is 5.56 Å². The number of para-hydroxylation sites is 1. The van der Waals surface area contributed by atoms with Crippen molar-refractivity contribution in [3.8, 4) is 34.2 Å². The summed E-state index contributed by atoms with van der Waals surface area (Å²) in [5.74, 6) is -0.617. The van der Waals surface area contributed by atoms with Gasteiger partial charge in [0.25, 0.3) is 0 Å². The Morgan fingerprint density at radius 1 is 0.462 bits per heavy atom. The van der Waals surface area contributed by atoms with E-state index in [4.69, 9.17) is 18.1 Å². The summed E-state index contributed by atoms with van der Waals surface area (Å²) in [4.78, 5) is 13.5. The van der Waals surface area contributed by atoms with E-state index < -0.39 is 60.4 Å². The van der Waals surface area contributed by atoms with E-state index in [1.165, 1.54) is 0 Å². The summed E-state index contributed by atoms with van der Waals surface area (Å²) in [7, 11) is 0. The van der Waals surface area contributed by atoms with E-state index in [0.717, 1.165) is 43.5 Å². The zero-order chi connectivity index (χ0) is 34.5. The molecule has 2 heterocycles. The van der Waals surface area contributed by atoms with Crippen LogP contribution in [0, 0.1) is 0 Å². The second kappa shape index (κ2) is 8.61. The molecule has 0 aliphatic heterocycles. The van der Waals surface area contributed by atoms with Crippen molar-refractivity contribution in [2.75, 3.05) is 0 Å². The molecule has 4 heteroatoms. The van der Waals surface area contributed by atoms with Gasteiger partial charge in [-0.15, -0.1) is 0 Å². The minimum atomic E-state index is -0.599. The van der Waals surface area contributed by atoms with E-state index in [2.05, 4.69) is 21.0 Å². The Bertz CT molecular complexity index is 2600. The van der Waals surface area contributed by atoms with Gasteiger partial charge in [0, 0.05) is 27.5 Å². The highest BCUT2D eigenvalue weighted by Crippen LogP contribution is 2.36. The number of nitrogens with zero attached hydrogens (tertiary/aromatic N) is 3. The maximum Gasteiger partial charge on any atom is 0.164 e. The lowest BCUT2D eigenvalue weighted by Gasteiger charge is -2.10. The molecule has 0 saturated heterocycles. The van der Waals surface area contributed by atoms with E-state index in [1.54, 1.807) is 6.07 Å². The molecule has 0 atom stereocenters. The molecule has 39 heavy (non-hydrogen) atoms. The van der Waals surface area contributed by atoms with Crippen LogP contribution in [-0.2, 0) is 0 Å². The number of hydrogen-bond donors (Lipinski definition) is 0. The standard InChI is InChI=1S/C35H21N3O/c1-3-9-23(10-4-1)33-36-34(24-11-5-2-6-12-24)38-35(37-33)26-18-16-22-15-17-25-20-32-30(21-29(25)28(22)19-26)27-13-7-8-14-31(27)39-32/h1-21H/i1D,2D,3D,4D,5D,6D,9D,10D,11D,12D. The van der Waals surface area contributed by atoms with Crippen LogP contribution in [0.1, 0.15) is 13.7 Å². The van der Waals surface area contributed by atoms with E-state index >= 15 is 0 Å². The molecule has 6 aromatic carbocycles. The lowest BCUT2D eigenvalue weighted by molar-refractivity contribution is 0.669. The van der Waals surface area contributed by atoms with Gasteiger partial charge < -0.3 is 4.42 Å². The lowest BCUT2D eigenvalue weighted by Crippen LogP contribution is -2.00. The van der Waals surface area contributed by atoms with Gasteiger partial charge in [-0.1, -0.05) is 103 Å². The van der Waals surface area contributed by atoms with Crippen LogP contribution in [0.5, 0.6) is 0 Å². The first-order valence-electron chi connectivity index (χ1n) is 17.1. The summed E-state index contributed by atoms with van der Waals surface area (Å²) in [6, 6.07) is 15.4. The number of furan rings is 1. The average Bonchev–Trinajstić information content (AvgIpc) is 3.48. The van der Waals surface area contributed by atoms with Crippen molar-refractivity contribution in [2.24, 2.45) is 0 Å². The van der Waals surface area contributed by atoms with Gasteiger partial charge in [-0.25, -0.2) is 15.0 Å². The van der Waals surface area contributed by atoms with Crippen molar-refractivity contribution >= 4 is 43.5 Å². The monoisotopic (exact) mass is 509 g/mol. The molecule has 0 N–H and O–H groups in total. The quantitative estimate of drug-likeness (QED) is 0.223. The summed E-state index contributed by atoms with van der Waals surface area (Å²) in [6.07, 6.45) is 0. The van der Waals surface area contributed by atoms with Gasteiger partial charge in [0.05, 0.1) is 13.7 Å². The second-order valence-corrected chi connectivity index (χ2v) is 8.98. The predicted molar refractivity (Wildman–Crippen MR) is 158 cm³/mol. The fraction of sp³-hybridized carbons (Fsp3) is 0. The summed E-state index contributed by atoms with van der Waals surface area (Å²) < 4.78 is 89.3. The molecule has 0 radical (unpaired) electrons. The molecule has 0 saturated carbocycles. The average molecular weight is 510 g/mol. The third kappa shape index (κ3) is 3.65. The highest BCUT2D eigenvalue weighted by atomic mass is 16.3. The molecule has 0 unspecified atom stereocenters. The Hall–Kier alpha value is -5.35. The van der Waals surface area contributed by atoms with Crippen LogP contribution >= 0.6 is 0 Å². The number of hydrogen-bond acceptors (Lipinski definition) is 4. The zero-order valence-corrected chi connectivity index (χ0v) is 20.1. The number of aromatic nitrogens is 3. The molecule has 0 aliphatic carbocycles. The van der Waals surface area contributed by atoms with Gasteiger partial charge in [-0.3, -0.25) is 0 Å². The first kappa shape index (κ1) is 14.0. The molecule has 8 rings (SSSR count). The first-order valence-corrected chi connectivity index (χ1v) is 12.1. The molecular formula is C35H21N3O. The minimum Gasteiger partial charge on any atom is -0.456 e. The Morgan fingerprint density at radius 2 is 1.05 bits per heavy atom. The molecule has 8 aromatic rings. The van der Waals surface area contributed by atoms with Crippen molar-refractivity contribution in [3.05, 3.63) is 127 Å². The van der Waals surface area contributed by atoms with Crippen molar-refractivity contribution in [1.82, 2.24) is 15.0 Å². The van der Waals surface area contributed by atoms with Gasteiger partial charge in [0.2, 0.25) is 0 Å². The molecule has 182 valence electrons. The predicted octanol–water partition coefficient (Wildman–Crippen LogP) is 9.08. The lowest BCUT2D eigenvalue weighted by atomic mass is 9.98. The van der Waals surface area contributed by atoms with Gasteiger partial charge in [0.15, 0.2) is 17.5 Å². The van der Waals surface area contributed by atoms with Crippen LogP contribution in [0.3, 0.4) is 0 Å². The van der Waals surface area contributed by atoms with E-state index in [1.807, 2.05) is 54.6 Å². The normalized spacial score (nSPS) is 15.2. The molecule has 0 spiro atoms. The third-order valence-corrected chi connectivity index (χ3v) is 6.68. The van der Waals surface area contributed by atoms with E-state index in [-0.39, 0.29) is 28.6 Å².